The summed E-state index contributed by atoms with van der Waals surface area (Å²) in [4.78, 5) is 0. The van der Waals surface area contributed by atoms with Crippen LogP contribution in [0.15, 0.2) is 18.2 Å². The smallest absolute Gasteiger partial charge is 0.0595 e. The second-order valence-corrected chi connectivity index (χ2v) is 6.22. The molecule has 0 saturated heterocycles. The lowest BCUT2D eigenvalue weighted by Crippen LogP contribution is -2.12. The van der Waals surface area contributed by atoms with Crippen molar-refractivity contribution >= 4 is 34.8 Å². The van der Waals surface area contributed by atoms with E-state index in [1.165, 1.54) is 31.2 Å². The molecule has 3 heteroatoms. The molecule has 1 aromatic carbocycles. The maximum absolute atomic E-state index is 6.45. The van der Waals surface area contributed by atoms with Gasteiger partial charge in [0.15, 0.2) is 0 Å². The summed E-state index contributed by atoms with van der Waals surface area (Å²) in [6.45, 7) is 0. The first kappa shape index (κ1) is 13.5. The third-order valence-electron chi connectivity index (χ3n) is 3.60. The zero-order valence-electron chi connectivity index (χ0n) is 9.76. The van der Waals surface area contributed by atoms with Gasteiger partial charge in [0, 0.05) is 5.38 Å². The fourth-order valence-electron chi connectivity index (χ4n) is 2.55. The van der Waals surface area contributed by atoms with Gasteiger partial charge in [-0.3, -0.25) is 0 Å². The van der Waals surface area contributed by atoms with Crippen molar-refractivity contribution in [3.63, 3.8) is 0 Å². The van der Waals surface area contributed by atoms with Crippen molar-refractivity contribution in [2.75, 3.05) is 0 Å². The molecule has 0 radical (unpaired) electrons. The van der Waals surface area contributed by atoms with Crippen LogP contribution in [-0.4, -0.2) is 5.38 Å². The van der Waals surface area contributed by atoms with Crippen LogP contribution in [0.5, 0.6) is 0 Å². The normalized spacial score (nSPS) is 18.5. The van der Waals surface area contributed by atoms with E-state index in [-0.39, 0.29) is 0 Å². The van der Waals surface area contributed by atoms with Crippen LogP contribution in [0.4, 0.5) is 0 Å². The Morgan fingerprint density at radius 3 is 2.47 bits per heavy atom. The summed E-state index contributed by atoms with van der Waals surface area (Å²) < 4.78 is 0. The van der Waals surface area contributed by atoms with Crippen LogP contribution in [0, 0.1) is 5.92 Å². The first-order valence-electron chi connectivity index (χ1n) is 6.25. The minimum Gasteiger partial charge on any atom is -0.123 e. The minimum absolute atomic E-state index is 0.312. The molecule has 1 aromatic rings. The maximum Gasteiger partial charge on any atom is 0.0595 e. The number of alkyl halides is 1. The quantitative estimate of drug-likeness (QED) is 0.622. The molecule has 0 bridgehead atoms. The van der Waals surface area contributed by atoms with E-state index in [1.807, 2.05) is 18.2 Å². The Balaban J connectivity index is 1.86. The van der Waals surface area contributed by atoms with Crippen molar-refractivity contribution in [2.45, 2.75) is 43.9 Å². The molecule has 1 atom stereocenters. The van der Waals surface area contributed by atoms with Crippen molar-refractivity contribution in [1.82, 2.24) is 0 Å². The average Bonchev–Trinajstić information content (AvgIpc) is 2.84. The summed E-state index contributed by atoms with van der Waals surface area (Å²) in [5.41, 5.74) is 1.23. The molecule has 17 heavy (non-hydrogen) atoms. The predicted molar refractivity (Wildman–Crippen MR) is 76.4 cm³/mol. The Hall–Kier alpha value is 0.0900. The molecule has 0 aliphatic heterocycles. The first-order chi connectivity index (χ1) is 8.16. The van der Waals surface area contributed by atoms with Crippen molar-refractivity contribution in [3.05, 3.63) is 33.8 Å². The second-order valence-electron chi connectivity index (χ2n) is 4.85. The summed E-state index contributed by atoms with van der Waals surface area (Å²) >= 11 is 18.3. The number of rotatable bonds is 4. The van der Waals surface area contributed by atoms with Crippen LogP contribution in [-0.2, 0) is 6.42 Å². The highest BCUT2D eigenvalue weighted by Gasteiger charge is 2.22. The molecule has 0 nitrogen and oxygen atoms in total. The predicted octanol–water partition coefficient (Wildman–Crippen LogP) is 5.72. The van der Waals surface area contributed by atoms with Crippen LogP contribution in [0.2, 0.25) is 10.0 Å². The van der Waals surface area contributed by atoms with E-state index >= 15 is 0 Å². The fourth-order valence-corrected chi connectivity index (χ4v) is 3.24. The Kier molecular flexibility index (Phi) is 5.02. The summed E-state index contributed by atoms with van der Waals surface area (Å²) in [5, 5.41) is 1.57. The van der Waals surface area contributed by atoms with Gasteiger partial charge in [-0.25, -0.2) is 0 Å². The topological polar surface area (TPSA) is 0 Å². The van der Waals surface area contributed by atoms with E-state index in [2.05, 4.69) is 0 Å². The van der Waals surface area contributed by atoms with Crippen molar-refractivity contribution < 1.29 is 0 Å². The van der Waals surface area contributed by atoms with Crippen LogP contribution >= 0.6 is 34.8 Å². The van der Waals surface area contributed by atoms with E-state index in [4.69, 9.17) is 34.8 Å². The number of hydrogen-bond acceptors (Lipinski definition) is 0. The molecule has 0 aromatic heterocycles. The molecule has 1 aliphatic carbocycles. The van der Waals surface area contributed by atoms with Gasteiger partial charge in [-0.1, -0.05) is 42.1 Å². The summed E-state index contributed by atoms with van der Waals surface area (Å²) in [6, 6.07) is 5.84. The molecule has 0 N–H and O–H groups in total. The van der Waals surface area contributed by atoms with Crippen molar-refractivity contribution in [3.8, 4) is 0 Å². The van der Waals surface area contributed by atoms with Gasteiger partial charge in [0.2, 0.25) is 0 Å². The standard InChI is InChI=1S/C14H17Cl3/c15-12(11-3-1-2-4-11)7-5-10-6-8-13(16)14(17)9-10/h6,8-9,11-12H,1-5,7H2. The molecular weight excluding hydrogens is 275 g/mol. The first-order valence-corrected chi connectivity index (χ1v) is 7.44. The summed E-state index contributed by atoms with van der Waals surface area (Å²) in [6.07, 6.45) is 7.32. The average molecular weight is 292 g/mol. The zero-order valence-corrected chi connectivity index (χ0v) is 12.0. The highest BCUT2D eigenvalue weighted by Crippen LogP contribution is 2.33. The lowest BCUT2D eigenvalue weighted by atomic mass is 9.98. The Morgan fingerprint density at radius 1 is 1.12 bits per heavy atom. The van der Waals surface area contributed by atoms with Crippen LogP contribution in [0.1, 0.15) is 37.7 Å². The molecule has 94 valence electrons. The van der Waals surface area contributed by atoms with Crippen LogP contribution < -0.4 is 0 Å². The van der Waals surface area contributed by atoms with E-state index in [9.17, 15) is 0 Å². The fraction of sp³-hybridized carbons (Fsp3) is 0.571. The molecule has 1 aliphatic rings. The Bertz CT molecular complexity index is 370. The SMILES string of the molecule is Clc1ccc(CCC(Cl)C2CCCC2)cc1Cl. The van der Waals surface area contributed by atoms with E-state index in [0.29, 0.717) is 15.4 Å². The molecule has 0 amide bonds. The monoisotopic (exact) mass is 290 g/mol. The molecular formula is C14H17Cl3. The Labute approximate surface area is 118 Å². The highest BCUT2D eigenvalue weighted by atomic mass is 35.5. The molecule has 1 unspecified atom stereocenters. The molecule has 1 saturated carbocycles. The van der Waals surface area contributed by atoms with Gasteiger partial charge in [0.25, 0.3) is 0 Å². The highest BCUT2D eigenvalue weighted by molar-refractivity contribution is 6.42. The number of benzene rings is 1. The molecule has 0 spiro atoms. The van der Waals surface area contributed by atoms with Crippen LogP contribution in [0.3, 0.4) is 0 Å². The van der Waals surface area contributed by atoms with Gasteiger partial charge in [0.1, 0.15) is 0 Å². The molecule has 1 fully saturated rings. The van der Waals surface area contributed by atoms with Gasteiger partial charge in [-0.2, -0.15) is 0 Å². The summed E-state index contributed by atoms with van der Waals surface area (Å²) in [7, 11) is 0. The van der Waals surface area contributed by atoms with E-state index < -0.39 is 0 Å². The van der Waals surface area contributed by atoms with E-state index in [1.54, 1.807) is 0 Å². The number of halogens is 3. The van der Waals surface area contributed by atoms with E-state index in [0.717, 1.165) is 18.8 Å². The van der Waals surface area contributed by atoms with Crippen LogP contribution in [0.25, 0.3) is 0 Å². The molecule has 2 rings (SSSR count). The van der Waals surface area contributed by atoms with Crippen molar-refractivity contribution in [1.29, 1.82) is 0 Å². The van der Waals surface area contributed by atoms with Gasteiger partial charge in [-0.15, -0.1) is 11.6 Å². The third-order valence-corrected chi connectivity index (χ3v) is 4.92. The third kappa shape index (κ3) is 3.77. The summed E-state index contributed by atoms with van der Waals surface area (Å²) in [5.74, 6) is 0.722. The molecule has 0 heterocycles. The van der Waals surface area contributed by atoms with Crippen molar-refractivity contribution in [2.24, 2.45) is 5.92 Å². The second kappa shape index (κ2) is 6.31. The Morgan fingerprint density at radius 2 is 1.82 bits per heavy atom. The van der Waals surface area contributed by atoms with Gasteiger partial charge >= 0.3 is 0 Å². The maximum atomic E-state index is 6.45. The lowest BCUT2D eigenvalue weighted by Gasteiger charge is -2.16. The van der Waals surface area contributed by atoms with Gasteiger partial charge < -0.3 is 0 Å². The largest absolute Gasteiger partial charge is 0.123 e. The lowest BCUT2D eigenvalue weighted by molar-refractivity contribution is 0.492. The number of hydrogen-bond donors (Lipinski definition) is 0. The minimum atomic E-state index is 0.312. The van der Waals surface area contributed by atoms with Gasteiger partial charge in [-0.05, 0) is 49.3 Å². The van der Waals surface area contributed by atoms with Gasteiger partial charge in [0.05, 0.1) is 10.0 Å². The number of aryl methyl sites for hydroxylation is 1. The zero-order chi connectivity index (χ0) is 12.3.